The lowest BCUT2D eigenvalue weighted by Crippen LogP contribution is -2.37. The second-order valence-corrected chi connectivity index (χ2v) is 3.74. The first-order valence-electron chi connectivity index (χ1n) is 5.32. The molecule has 1 atom stereocenters. The topological polar surface area (TPSA) is 66.3 Å². The molecule has 0 aliphatic carbocycles. The molecule has 0 fully saturated rings. The molecule has 0 spiro atoms. The van der Waals surface area contributed by atoms with Crippen LogP contribution in [0.3, 0.4) is 0 Å². The maximum absolute atomic E-state index is 10.8. The van der Waals surface area contributed by atoms with Crippen LogP contribution in [-0.2, 0) is 4.79 Å². The lowest BCUT2D eigenvalue weighted by atomic mass is 10.2. The second kappa shape index (κ2) is 5.44. The van der Waals surface area contributed by atoms with E-state index in [0.717, 1.165) is 6.42 Å². The summed E-state index contributed by atoms with van der Waals surface area (Å²) in [6.45, 7) is 5.76. The number of carbonyl (C=O) groups is 1. The Morgan fingerprint density at radius 2 is 2.31 bits per heavy atom. The lowest BCUT2D eigenvalue weighted by molar-refractivity contribution is -0.135. The summed E-state index contributed by atoms with van der Waals surface area (Å²) in [6, 6.07) is 1.88. The Hall–Kier alpha value is -1.65. The van der Waals surface area contributed by atoms with Crippen molar-refractivity contribution in [3.8, 4) is 0 Å². The highest BCUT2D eigenvalue weighted by molar-refractivity contribution is 5.73. The maximum Gasteiger partial charge on any atom is 0.323 e. The van der Waals surface area contributed by atoms with E-state index in [1.807, 2.05) is 13.8 Å². The average Bonchev–Trinajstić information content (AvgIpc) is 2.24. The smallest absolute Gasteiger partial charge is 0.323 e. The summed E-state index contributed by atoms with van der Waals surface area (Å²) in [5, 5.41) is 8.87. The molecule has 0 amide bonds. The molecule has 1 rings (SSSR count). The fourth-order valence-electron chi connectivity index (χ4n) is 1.43. The summed E-state index contributed by atoms with van der Waals surface area (Å²) in [5.74, 6) is 0.469. The summed E-state index contributed by atoms with van der Waals surface area (Å²) in [6.07, 6.45) is 2.52. The zero-order valence-electron chi connectivity index (χ0n) is 9.84. The minimum Gasteiger partial charge on any atom is -0.480 e. The van der Waals surface area contributed by atoms with Gasteiger partial charge < -0.3 is 10.0 Å². The summed E-state index contributed by atoms with van der Waals surface area (Å²) < 4.78 is 0. The average molecular weight is 223 g/mol. The Morgan fingerprint density at radius 1 is 1.62 bits per heavy atom. The number of nitrogens with zero attached hydrogens (tertiary/aromatic N) is 3. The van der Waals surface area contributed by atoms with Crippen LogP contribution >= 0.6 is 0 Å². The van der Waals surface area contributed by atoms with Gasteiger partial charge in [-0.2, -0.15) is 0 Å². The summed E-state index contributed by atoms with van der Waals surface area (Å²) in [7, 11) is 0. The van der Waals surface area contributed by atoms with Crippen LogP contribution in [0.4, 0.5) is 5.82 Å². The Balaban J connectivity index is 2.95. The van der Waals surface area contributed by atoms with Crippen molar-refractivity contribution in [3.63, 3.8) is 0 Å². The Morgan fingerprint density at radius 3 is 2.81 bits per heavy atom. The number of aromatic nitrogens is 2. The molecule has 5 nitrogen and oxygen atoms in total. The molecule has 88 valence electrons. The quantitative estimate of drug-likeness (QED) is 0.818. The van der Waals surface area contributed by atoms with Crippen molar-refractivity contribution in [1.82, 2.24) is 9.97 Å². The van der Waals surface area contributed by atoms with Gasteiger partial charge in [0, 0.05) is 12.2 Å². The van der Waals surface area contributed by atoms with Gasteiger partial charge in [-0.25, -0.2) is 9.97 Å². The van der Waals surface area contributed by atoms with Crippen LogP contribution in [0.25, 0.3) is 0 Å². The normalized spacial score (nSPS) is 12.2. The van der Waals surface area contributed by atoms with E-state index in [0.29, 0.717) is 11.6 Å². The molecule has 0 saturated carbocycles. The highest BCUT2D eigenvalue weighted by Crippen LogP contribution is 2.14. The number of carboxylic acids is 1. The van der Waals surface area contributed by atoms with Crippen molar-refractivity contribution in [1.29, 1.82) is 0 Å². The SMILES string of the molecule is CCC(C)N(CC(=O)O)c1ccnc(C)n1. The Labute approximate surface area is 95.1 Å². The third-order valence-electron chi connectivity index (χ3n) is 2.48. The van der Waals surface area contributed by atoms with E-state index >= 15 is 0 Å². The van der Waals surface area contributed by atoms with Gasteiger partial charge in [-0.15, -0.1) is 0 Å². The summed E-state index contributed by atoms with van der Waals surface area (Å²) >= 11 is 0. The van der Waals surface area contributed by atoms with E-state index in [1.54, 1.807) is 24.1 Å². The van der Waals surface area contributed by atoms with Gasteiger partial charge in [-0.3, -0.25) is 4.79 Å². The van der Waals surface area contributed by atoms with Crippen molar-refractivity contribution < 1.29 is 9.90 Å². The van der Waals surface area contributed by atoms with Crippen molar-refractivity contribution in [2.24, 2.45) is 0 Å². The molecule has 0 aliphatic rings. The van der Waals surface area contributed by atoms with Gasteiger partial charge in [0.1, 0.15) is 18.2 Å². The lowest BCUT2D eigenvalue weighted by Gasteiger charge is -2.27. The minimum absolute atomic E-state index is 0.0363. The van der Waals surface area contributed by atoms with Crippen molar-refractivity contribution in [2.75, 3.05) is 11.4 Å². The summed E-state index contributed by atoms with van der Waals surface area (Å²) in [5.41, 5.74) is 0. The van der Waals surface area contributed by atoms with E-state index < -0.39 is 5.97 Å². The Bertz CT molecular complexity index is 368. The number of aliphatic carboxylic acids is 1. The molecule has 1 N–H and O–H groups in total. The first-order chi connectivity index (χ1) is 7.54. The van der Waals surface area contributed by atoms with Crippen LogP contribution in [0.5, 0.6) is 0 Å². The summed E-state index contributed by atoms with van der Waals surface area (Å²) in [4.78, 5) is 20.8. The molecule has 0 radical (unpaired) electrons. The molecule has 0 saturated heterocycles. The molecule has 16 heavy (non-hydrogen) atoms. The molecule has 0 aromatic carbocycles. The molecular formula is C11H17N3O2. The van der Waals surface area contributed by atoms with Gasteiger partial charge in [0.15, 0.2) is 0 Å². The standard InChI is InChI=1S/C11H17N3O2/c1-4-8(2)14(7-11(15)16)10-5-6-12-9(3)13-10/h5-6,8H,4,7H2,1-3H3,(H,15,16). The highest BCUT2D eigenvalue weighted by Gasteiger charge is 2.17. The maximum atomic E-state index is 10.8. The molecule has 1 unspecified atom stereocenters. The van der Waals surface area contributed by atoms with Crippen LogP contribution in [0.1, 0.15) is 26.1 Å². The number of hydrogen-bond acceptors (Lipinski definition) is 4. The Kier molecular flexibility index (Phi) is 4.22. The number of rotatable bonds is 5. The molecule has 1 aromatic rings. The molecule has 1 aromatic heterocycles. The van der Waals surface area contributed by atoms with E-state index in [9.17, 15) is 4.79 Å². The van der Waals surface area contributed by atoms with Crippen molar-refractivity contribution in [2.45, 2.75) is 33.2 Å². The second-order valence-electron chi connectivity index (χ2n) is 3.74. The number of anilines is 1. The fourth-order valence-corrected chi connectivity index (χ4v) is 1.43. The molecule has 1 heterocycles. The van der Waals surface area contributed by atoms with Gasteiger partial charge in [0.25, 0.3) is 0 Å². The van der Waals surface area contributed by atoms with E-state index in [1.165, 1.54) is 0 Å². The van der Waals surface area contributed by atoms with E-state index in [2.05, 4.69) is 9.97 Å². The third kappa shape index (κ3) is 3.18. The first-order valence-corrected chi connectivity index (χ1v) is 5.32. The van der Waals surface area contributed by atoms with Gasteiger partial charge in [-0.1, -0.05) is 6.92 Å². The molecular weight excluding hydrogens is 206 g/mol. The molecule has 0 aliphatic heterocycles. The molecule has 5 heteroatoms. The fraction of sp³-hybridized carbons (Fsp3) is 0.545. The van der Waals surface area contributed by atoms with Crippen molar-refractivity contribution in [3.05, 3.63) is 18.1 Å². The monoisotopic (exact) mass is 223 g/mol. The third-order valence-corrected chi connectivity index (χ3v) is 2.48. The van der Waals surface area contributed by atoms with Crippen LogP contribution < -0.4 is 4.90 Å². The largest absolute Gasteiger partial charge is 0.480 e. The first kappa shape index (κ1) is 12.4. The van der Waals surface area contributed by atoms with Gasteiger partial charge in [-0.05, 0) is 26.3 Å². The van der Waals surface area contributed by atoms with E-state index in [4.69, 9.17) is 5.11 Å². The van der Waals surface area contributed by atoms with Gasteiger partial charge in [0.2, 0.25) is 0 Å². The van der Waals surface area contributed by atoms with E-state index in [-0.39, 0.29) is 12.6 Å². The van der Waals surface area contributed by atoms with Gasteiger partial charge in [0.05, 0.1) is 0 Å². The van der Waals surface area contributed by atoms with Crippen LogP contribution in [0, 0.1) is 6.92 Å². The number of hydrogen-bond donors (Lipinski definition) is 1. The minimum atomic E-state index is -0.850. The van der Waals surface area contributed by atoms with Crippen molar-refractivity contribution >= 4 is 11.8 Å². The predicted octanol–water partition coefficient (Wildman–Crippen LogP) is 1.47. The molecule has 0 bridgehead atoms. The zero-order valence-corrected chi connectivity index (χ0v) is 9.84. The number of aryl methyl sites for hydroxylation is 1. The van der Waals surface area contributed by atoms with Crippen LogP contribution in [-0.4, -0.2) is 33.6 Å². The highest BCUT2D eigenvalue weighted by atomic mass is 16.4. The predicted molar refractivity (Wildman–Crippen MR) is 61.5 cm³/mol. The van der Waals surface area contributed by atoms with Gasteiger partial charge >= 0.3 is 5.97 Å². The number of carboxylic acid groups (broad SMARTS) is 1. The van der Waals surface area contributed by atoms with Crippen LogP contribution in [0.2, 0.25) is 0 Å². The zero-order chi connectivity index (χ0) is 12.1. The van der Waals surface area contributed by atoms with Crippen LogP contribution in [0.15, 0.2) is 12.3 Å².